The lowest BCUT2D eigenvalue weighted by Gasteiger charge is -2.20. The van der Waals surface area contributed by atoms with Crippen molar-refractivity contribution in [1.82, 2.24) is 16.0 Å². The Hall–Kier alpha value is -2.71. The number of rotatable bonds is 10. The van der Waals surface area contributed by atoms with Gasteiger partial charge >= 0.3 is 6.09 Å². The van der Waals surface area contributed by atoms with Crippen LogP contribution in [0.2, 0.25) is 0 Å². The van der Waals surface area contributed by atoms with Crippen LogP contribution in [0.1, 0.15) is 44.0 Å². The third-order valence-corrected chi connectivity index (χ3v) is 3.71. The maximum Gasteiger partial charge on any atom is 0.407 e. The first-order valence-electron chi connectivity index (χ1n) is 9.16. The van der Waals surface area contributed by atoms with E-state index in [1.165, 1.54) is 0 Å². The molecule has 0 saturated heterocycles. The van der Waals surface area contributed by atoms with E-state index in [0.29, 0.717) is 18.4 Å². The van der Waals surface area contributed by atoms with Crippen LogP contribution in [0, 0.1) is 17.6 Å². The summed E-state index contributed by atoms with van der Waals surface area (Å²) in [5.41, 5.74) is -0.294. The van der Waals surface area contributed by atoms with E-state index in [1.54, 1.807) is 6.92 Å². The minimum Gasteiger partial charge on any atom is -0.450 e. The summed E-state index contributed by atoms with van der Waals surface area (Å²) in [6.45, 7) is 6.14. The molecule has 0 aromatic heterocycles. The standard InChI is InChI=1S/C19H27F2N3O4/c1-4-28-19(27)24-14(9-12(2)3)11-23-17(25)7-8-22-18(26)15-6-5-13(20)10-16(15)21/h5-6,10,12,14H,4,7-9,11H2,1-3H3,(H,22,26)(H,23,25)(H,24,27). The molecular formula is C19H27F2N3O4. The van der Waals surface area contributed by atoms with Crippen LogP contribution in [-0.4, -0.2) is 43.6 Å². The molecule has 1 atom stereocenters. The third-order valence-electron chi connectivity index (χ3n) is 3.71. The van der Waals surface area contributed by atoms with E-state index in [0.717, 1.165) is 12.1 Å². The van der Waals surface area contributed by atoms with Gasteiger partial charge in [0.2, 0.25) is 5.91 Å². The van der Waals surface area contributed by atoms with Crippen LogP contribution in [0.3, 0.4) is 0 Å². The first-order chi connectivity index (χ1) is 13.2. The largest absolute Gasteiger partial charge is 0.450 e. The lowest BCUT2D eigenvalue weighted by atomic mass is 10.0. The Labute approximate surface area is 163 Å². The van der Waals surface area contributed by atoms with E-state index in [1.807, 2.05) is 13.8 Å². The minimum absolute atomic E-state index is 0.0123. The molecule has 0 aliphatic heterocycles. The minimum atomic E-state index is -0.969. The van der Waals surface area contributed by atoms with E-state index in [2.05, 4.69) is 16.0 Å². The van der Waals surface area contributed by atoms with Crippen LogP contribution in [-0.2, 0) is 9.53 Å². The van der Waals surface area contributed by atoms with Crippen molar-refractivity contribution in [3.8, 4) is 0 Å². The number of hydrogen-bond acceptors (Lipinski definition) is 4. The zero-order valence-corrected chi connectivity index (χ0v) is 16.3. The molecular weight excluding hydrogens is 372 g/mol. The van der Waals surface area contributed by atoms with Crippen LogP contribution < -0.4 is 16.0 Å². The molecule has 3 N–H and O–H groups in total. The van der Waals surface area contributed by atoms with Crippen molar-refractivity contribution in [3.05, 3.63) is 35.4 Å². The Morgan fingerprint density at radius 2 is 1.86 bits per heavy atom. The molecule has 9 heteroatoms. The number of alkyl carbamates (subject to hydrolysis) is 1. The predicted molar refractivity (Wildman–Crippen MR) is 99.7 cm³/mol. The van der Waals surface area contributed by atoms with Gasteiger partial charge in [0.1, 0.15) is 11.6 Å². The Morgan fingerprint density at radius 1 is 1.14 bits per heavy atom. The molecule has 0 radical (unpaired) electrons. The average molecular weight is 399 g/mol. The zero-order chi connectivity index (χ0) is 21.1. The lowest BCUT2D eigenvalue weighted by molar-refractivity contribution is -0.121. The molecule has 0 spiro atoms. The molecule has 0 fully saturated rings. The van der Waals surface area contributed by atoms with Crippen molar-refractivity contribution in [3.63, 3.8) is 0 Å². The molecule has 7 nitrogen and oxygen atoms in total. The summed E-state index contributed by atoms with van der Waals surface area (Å²) in [6.07, 6.45) is 0.0816. The average Bonchev–Trinajstić information content (AvgIpc) is 2.59. The summed E-state index contributed by atoms with van der Waals surface area (Å²) in [7, 11) is 0. The van der Waals surface area contributed by atoms with Gasteiger partial charge in [0.05, 0.1) is 12.2 Å². The van der Waals surface area contributed by atoms with Gasteiger partial charge in [0.15, 0.2) is 0 Å². The molecule has 1 aromatic carbocycles. The van der Waals surface area contributed by atoms with Crippen LogP contribution in [0.4, 0.5) is 13.6 Å². The summed E-state index contributed by atoms with van der Waals surface area (Å²) in [5.74, 6) is -2.51. The van der Waals surface area contributed by atoms with Crippen molar-refractivity contribution in [1.29, 1.82) is 0 Å². The fourth-order valence-electron chi connectivity index (χ4n) is 2.49. The number of halogens is 2. The molecule has 28 heavy (non-hydrogen) atoms. The van der Waals surface area contributed by atoms with Gasteiger partial charge in [-0.25, -0.2) is 13.6 Å². The number of carbonyl (C=O) groups excluding carboxylic acids is 3. The monoisotopic (exact) mass is 399 g/mol. The fraction of sp³-hybridized carbons (Fsp3) is 0.526. The Bertz CT molecular complexity index is 683. The maximum absolute atomic E-state index is 13.5. The predicted octanol–water partition coefficient (Wildman–Crippen LogP) is 2.36. The highest BCUT2D eigenvalue weighted by Crippen LogP contribution is 2.09. The lowest BCUT2D eigenvalue weighted by Crippen LogP contribution is -2.45. The molecule has 156 valence electrons. The molecule has 0 aliphatic carbocycles. The van der Waals surface area contributed by atoms with Gasteiger partial charge in [-0.15, -0.1) is 0 Å². The summed E-state index contributed by atoms with van der Waals surface area (Å²) >= 11 is 0. The highest BCUT2D eigenvalue weighted by Gasteiger charge is 2.16. The highest BCUT2D eigenvalue weighted by atomic mass is 19.1. The van der Waals surface area contributed by atoms with Crippen LogP contribution in [0.5, 0.6) is 0 Å². The van der Waals surface area contributed by atoms with Crippen molar-refractivity contribution >= 4 is 17.9 Å². The number of amides is 3. The summed E-state index contributed by atoms with van der Waals surface area (Å²) < 4.78 is 31.2. The van der Waals surface area contributed by atoms with Gasteiger partial charge in [-0.2, -0.15) is 0 Å². The Morgan fingerprint density at radius 3 is 2.46 bits per heavy atom. The second-order valence-corrected chi connectivity index (χ2v) is 6.63. The molecule has 1 aromatic rings. The smallest absolute Gasteiger partial charge is 0.407 e. The quantitative estimate of drug-likeness (QED) is 0.563. The number of benzene rings is 1. The molecule has 0 bridgehead atoms. The van der Waals surface area contributed by atoms with Gasteiger partial charge < -0.3 is 20.7 Å². The van der Waals surface area contributed by atoms with Crippen molar-refractivity contribution in [2.45, 2.75) is 39.7 Å². The molecule has 3 amide bonds. The van der Waals surface area contributed by atoms with E-state index in [4.69, 9.17) is 4.74 Å². The fourth-order valence-corrected chi connectivity index (χ4v) is 2.49. The van der Waals surface area contributed by atoms with E-state index in [9.17, 15) is 23.2 Å². The first kappa shape index (κ1) is 23.3. The topological polar surface area (TPSA) is 96.5 Å². The van der Waals surface area contributed by atoms with Gasteiger partial charge in [-0.05, 0) is 31.4 Å². The van der Waals surface area contributed by atoms with Crippen LogP contribution in [0.15, 0.2) is 18.2 Å². The Balaban J connectivity index is 2.41. The van der Waals surface area contributed by atoms with Crippen LogP contribution >= 0.6 is 0 Å². The summed E-state index contributed by atoms with van der Waals surface area (Å²) in [5, 5.41) is 7.78. The van der Waals surface area contributed by atoms with Crippen molar-refractivity contribution < 1.29 is 27.9 Å². The number of ether oxygens (including phenoxy) is 1. The normalized spacial score (nSPS) is 11.6. The second-order valence-electron chi connectivity index (χ2n) is 6.63. The second kappa shape index (κ2) is 11.9. The van der Waals surface area contributed by atoms with Gasteiger partial charge in [-0.1, -0.05) is 13.8 Å². The highest BCUT2D eigenvalue weighted by molar-refractivity contribution is 5.94. The van der Waals surface area contributed by atoms with E-state index < -0.39 is 23.6 Å². The zero-order valence-electron chi connectivity index (χ0n) is 16.3. The van der Waals surface area contributed by atoms with Gasteiger partial charge in [0, 0.05) is 31.6 Å². The summed E-state index contributed by atoms with van der Waals surface area (Å²) in [6, 6.07) is 2.35. The molecule has 1 unspecified atom stereocenters. The molecule has 0 heterocycles. The first-order valence-corrected chi connectivity index (χ1v) is 9.16. The van der Waals surface area contributed by atoms with Gasteiger partial charge in [0.25, 0.3) is 5.91 Å². The van der Waals surface area contributed by atoms with E-state index in [-0.39, 0.29) is 43.6 Å². The molecule has 0 aliphatic rings. The summed E-state index contributed by atoms with van der Waals surface area (Å²) in [4.78, 5) is 35.4. The third kappa shape index (κ3) is 8.79. The van der Waals surface area contributed by atoms with Crippen molar-refractivity contribution in [2.75, 3.05) is 19.7 Å². The van der Waals surface area contributed by atoms with E-state index >= 15 is 0 Å². The van der Waals surface area contributed by atoms with Crippen molar-refractivity contribution in [2.24, 2.45) is 5.92 Å². The molecule has 1 rings (SSSR count). The maximum atomic E-state index is 13.5. The number of hydrogen-bond donors (Lipinski definition) is 3. The number of nitrogens with one attached hydrogen (secondary N) is 3. The number of carbonyl (C=O) groups is 3. The van der Waals surface area contributed by atoms with Gasteiger partial charge in [-0.3, -0.25) is 9.59 Å². The van der Waals surface area contributed by atoms with Crippen LogP contribution in [0.25, 0.3) is 0 Å². The Kier molecular flexibility index (Phi) is 9.91. The molecule has 0 saturated carbocycles. The SMILES string of the molecule is CCOC(=O)NC(CNC(=O)CCNC(=O)c1ccc(F)cc1F)CC(C)C.